The van der Waals surface area contributed by atoms with Crippen LogP contribution in [0.25, 0.3) is 11.1 Å². The first kappa shape index (κ1) is 11.1. The number of thioether (sulfide) groups is 1. The van der Waals surface area contributed by atoms with Crippen molar-refractivity contribution >= 4 is 17.7 Å². The number of fused-ring (bicyclic) bond motifs is 1. The van der Waals surface area contributed by atoms with Crippen LogP contribution < -0.4 is 0 Å². The fourth-order valence-electron chi connectivity index (χ4n) is 1.46. The molecule has 0 amide bonds. The zero-order chi connectivity index (χ0) is 11.4. The Morgan fingerprint density at radius 2 is 2.31 bits per heavy atom. The highest BCUT2D eigenvalue weighted by atomic mass is 32.2. The van der Waals surface area contributed by atoms with Gasteiger partial charge in [-0.2, -0.15) is 0 Å². The summed E-state index contributed by atoms with van der Waals surface area (Å²) in [6.45, 7) is 0. The average Bonchev–Trinajstić information content (AvgIpc) is 2.73. The third-order valence-corrected chi connectivity index (χ3v) is 3.37. The Kier molecular flexibility index (Phi) is 3.51. The molecule has 0 saturated carbocycles. The fraction of sp³-hybridized carbons (Fsp3) is 0.250. The summed E-state index contributed by atoms with van der Waals surface area (Å²) in [6, 6.07) is 6.00. The Balaban J connectivity index is 1.98. The Bertz CT molecular complexity index is 450. The molecular weight excluding hydrogens is 224 g/mol. The van der Waals surface area contributed by atoms with Crippen LogP contribution in [0.3, 0.4) is 0 Å². The zero-order valence-corrected chi connectivity index (χ0v) is 9.75. The van der Waals surface area contributed by atoms with Crippen molar-refractivity contribution in [2.75, 3.05) is 12.9 Å². The van der Waals surface area contributed by atoms with Crippen LogP contribution in [-0.4, -0.2) is 18.8 Å². The van der Waals surface area contributed by atoms with Crippen molar-refractivity contribution < 1.29 is 13.9 Å². The number of carbonyl (C=O) groups is 1. The number of hydrogen-bond donors (Lipinski definition) is 0. The minimum Gasteiger partial charge on any atom is -0.472 e. The van der Waals surface area contributed by atoms with Gasteiger partial charge in [-0.15, -0.1) is 11.8 Å². The van der Waals surface area contributed by atoms with E-state index in [0.717, 1.165) is 11.3 Å². The third-order valence-electron chi connectivity index (χ3n) is 2.29. The highest BCUT2D eigenvalue weighted by Crippen LogP contribution is 2.34. The molecule has 4 heteroatoms. The highest BCUT2D eigenvalue weighted by Gasteiger charge is 2.10. The van der Waals surface area contributed by atoms with Crippen molar-refractivity contribution in [2.45, 2.75) is 11.3 Å². The Morgan fingerprint density at radius 3 is 3.12 bits per heavy atom. The maximum absolute atomic E-state index is 11.0. The second kappa shape index (κ2) is 5.07. The van der Waals surface area contributed by atoms with Crippen molar-refractivity contribution in [3.05, 3.63) is 30.7 Å². The fourth-order valence-corrected chi connectivity index (χ4v) is 2.45. The van der Waals surface area contributed by atoms with E-state index in [0.29, 0.717) is 6.42 Å². The molecule has 0 spiro atoms. The Labute approximate surface area is 98.1 Å². The number of rotatable bonds is 4. The molecule has 0 unspecified atom stereocenters. The molecular formula is C12H12O3S. The van der Waals surface area contributed by atoms with Gasteiger partial charge < -0.3 is 9.15 Å². The third kappa shape index (κ3) is 2.39. The van der Waals surface area contributed by atoms with Crippen molar-refractivity contribution in [1.29, 1.82) is 0 Å². The quantitative estimate of drug-likeness (QED) is 0.604. The molecule has 1 aliphatic carbocycles. The lowest BCUT2D eigenvalue weighted by molar-refractivity contribution is -0.140. The summed E-state index contributed by atoms with van der Waals surface area (Å²) < 4.78 is 9.67. The second-order valence-corrected chi connectivity index (χ2v) is 4.43. The van der Waals surface area contributed by atoms with Crippen molar-refractivity contribution in [3.8, 4) is 11.1 Å². The lowest BCUT2D eigenvalue weighted by Crippen LogP contribution is -2.00. The summed E-state index contributed by atoms with van der Waals surface area (Å²) in [5, 5.41) is 0. The molecule has 0 bridgehead atoms. The molecule has 0 aromatic carbocycles. The van der Waals surface area contributed by atoms with Crippen LogP contribution in [0.2, 0.25) is 0 Å². The number of hydrogen-bond acceptors (Lipinski definition) is 4. The number of ether oxygens (including phenoxy) is 1. The predicted octanol–water partition coefficient (Wildman–Crippen LogP) is 3.04. The van der Waals surface area contributed by atoms with Gasteiger partial charge in [-0.1, -0.05) is 6.07 Å². The summed E-state index contributed by atoms with van der Waals surface area (Å²) in [6.07, 6.45) is 3.82. The van der Waals surface area contributed by atoms with Gasteiger partial charge >= 0.3 is 5.97 Å². The molecule has 0 aromatic rings. The summed E-state index contributed by atoms with van der Waals surface area (Å²) in [7, 11) is 1.41. The Morgan fingerprint density at radius 1 is 1.44 bits per heavy atom. The van der Waals surface area contributed by atoms with Gasteiger partial charge in [0.15, 0.2) is 0 Å². The topological polar surface area (TPSA) is 39.4 Å². The SMILES string of the molecule is COC(=O)CCSc1ccc2coccc1-2. The van der Waals surface area contributed by atoms with E-state index in [1.54, 1.807) is 24.3 Å². The Hall–Kier alpha value is -1.42. The summed E-state index contributed by atoms with van der Waals surface area (Å²) in [5.41, 5.74) is 2.25. The highest BCUT2D eigenvalue weighted by molar-refractivity contribution is 7.99. The molecule has 2 rings (SSSR count). The van der Waals surface area contributed by atoms with Crippen LogP contribution >= 0.6 is 11.8 Å². The number of carbonyl (C=O) groups excluding carboxylic acids is 1. The summed E-state index contributed by atoms with van der Waals surface area (Å²) >= 11 is 1.66. The molecule has 1 heterocycles. The molecule has 16 heavy (non-hydrogen) atoms. The molecule has 0 N–H and O–H groups in total. The lowest BCUT2D eigenvalue weighted by atomic mass is 10.2. The van der Waals surface area contributed by atoms with E-state index >= 15 is 0 Å². The minimum absolute atomic E-state index is 0.168. The van der Waals surface area contributed by atoms with E-state index < -0.39 is 0 Å². The van der Waals surface area contributed by atoms with E-state index in [1.807, 2.05) is 18.2 Å². The standard InChI is InChI=1S/C12H12O3S/c1-14-12(13)5-7-16-11-3-2-9-8-15-6-4-10(9)11/h2-4,6,8H,5,7H2,1H3. The number of esters is 1. The van der Waals surface area contributed by atoms with Crippen LogP contribution in [0.1, 0.15) is 6.42 Å². The molecule has 84 valence electrons. The lowest BCUT2D eigenvalue weighted by Gasteiger charge is -2.02. The zero-order valence-electron chi connectivity index (χ0n) is 8.93. The average molecular weight is 236 g/mol. The van der Waals surface area contributed by atoms with Gasteiger partial charge in [0.25, 0.3) is 0 Å². The largest absolute Gasteiger partial charge is 0.472 e. The number of methoxy groups -OCH3 is 1. The van der Waals surface area contributed by atoms with Gasteiger partial charge in [0, 0.05) is 21.8 Å². The van der Waals surface area contributed by atoms with Crippen molar-refractivity contribution in [3.63, 3.8) is 0 Å². The van der Waals surface area contributed by atoms with Gasteiger partial charge in [-0.25, -0.2) is 0 Å². The van der Waals surface area contributed by atoms with E-state index in [2.05, 4.69) is 4.74 Å². The molecule has 3 nitrogen and oxygen atoms in total. The van der Waals surface area contributed by atoms with Crippen molar-refractivity contribution in [1.82, 2.24) is 0 Å². The predicted molar refractivity (Wildman–Crippen MR) is 62.7 cm³/mol. The van der Waals surface area contributed by atoms with Gasteiger partial charge in [0.05, 0.1) is 26.1 Å². The van der Waals surface area contributed by atoms with Gasteiger partial charge in [-0.05, 0) is 12.1 Å². The molecule has 0 fully saturated rings. The summed E-state index contributed by atoms with van der Waals surface area (Å²) in [4.78, 5) is 12.1. The first-order valence-corrected chi connectivity index (χ1v) is 5.94. The van der Waals surface area contributed by atoms with Gasteiger partial charge in [-0.3, -0.25) is 4.79 Å². The monoisotopic (exact) mass is 236 g/mol. The van der Waals surface area contributed by atoms with Crippen molar-refractivity contribution in [2.24, 2.45) is 0 Å². The first-order chi connectivity index (χ1) is 7.81. The van der Waals surface area contributed by atoms with Crippen LogP contribution in [0.5, 0.6) is 0 Å². The maximum atomic E-state index is 11.0. The van der Waals surface area contributed by atoms with Crippen LogP contribution in [0, 0.1) is 0 Å². The first-order valence-electron chi connectivity index (χ1n) is 4.96. The van der Waals surface area contributed by atoms with Crippen LogP contribution in [0.15, 0.2) is 40.0 Å². The second-order valence-electron chi connectivity index (χ2n) is 3.30. The minimum atomic E-state index is -0.168. The maximum Gasteiger partial charge on any atom is 0.306 e. The smallest absolute Gasteiger partial charge is 0.306 e. The van der Waals surface area contributed by atoms with Gasteiger partial charge in [0.1, 0.15) is 0 Å². The summed E-state index contributed by atoms with van der Waals surface area (Å²) in [5.74, 6) is 0.566. The molecule has 0 radical (unpaired) electrons. The van der Waals surface area contributed by atoms with E-state index in [-0.39, 0.29) is 5.97 Å². The van der Waals surface area contributed by atoms with Crippen LogP contribution in [0.4, 0.5) is 0 Å². The molecule has 2 aliphatic rings. The molecule has 0 aromatic heterocycles. The normalized spacial score (nSPS) is 10.6. The molecule has 0 atom stereocenters. The van der Waals surface area contributed by atoms with Crippen LogP contribution in [-0.2, 0) is 9.53 Å². The van der Waals surface area contributed by atoms with E-state index in [1.165, 1.54) is 17.6 Å². The molecule has 0 saturated heterocycles. The van der Waals surface area contributed by atoms with E-state index in [9.17, 15) is 4.79 Å². The van der Waals surface area contributed by atoms with Gasteiger partial charge in [0.2, 0.25) is 0 Å². The van der Waals surface area contributed by atoms with E-state index in [4.69, 9.17) is 4.42 Å². The molecule has 1 aliphatic heterocycles.